The Hall–Kier alpha value is -0.980. The van der Waals surface area contributed by atoms with Crippen molar-refractivity contribution in [3.8, 4) is 0 Å². The van der Waals surface area contributed by atoms with Crippen LogP contribution in [0.2, 0.25) is 0 Å². The molecule has 0 unspecified atom stereocenters. The Morgan fingerprint density at radius 2 is 1.76 bits per heavy atom. The Morgan fingerprint density at radius 1 is 1.06 bits per heavy atom. The third-order valence-electron chi connectivity index (χ3n) is 4.24. The zero-order chi connectivity index (χ0) is 12.3. The van der Waals surface area contributed by atoms with Crippen molar-refractivity contribution in [2.24, 2.45) is 11.8 Å². The first-order valence-electron chi connectivity index (χ1n) is 6.96. The van der Waals surface area contributed by atoms with Gasteiger partial charge in [0.1, 0.15) is 0 Å². The fourth-order valence-corrected chi connectivity index (χ4v) is 2.65. The Balaban J connectivity index is 1.83. The summed E-state index contributed by atoms with van der Waals surface area (Å²) in [7, 11) is 0. The van der Waals surface area contributed by atoms with Gasteiger partial charge in [-0.1, -0.05) is 25.8 Å². The minimum Gasteiger partial charge on any atom is -0.385 e. The van der Waals surface area contributed by atoms with Crippen LogP contribution in [0.25, 0.3) is 0 Å². The Labute approximate surface area is 106 Å². The van der Waals surface area contributed by atoms with Crippen molar-refractivity contribution >= 4 is 5.69 Å². The van der Waals surface area contributed by atoms with Crippen LogP contribution < -0.4 is 5.32 Å². The Morgan fingerprint density at radius 3 is 2.41 bits per heavy atom. The molecule has 0 bridgehead atoms. The molecule has 0 spiro atoms. The van der Waals surface area contributed by atoms with Crippen LogP contribution in [0, 0.1) is 25.7 Å². The lowest BCUT2D eigenvalue weighted by Crippen LogP contribution is -2.20. The molecule has 0 radical (unpaired) electrons. The topological polar surface area (TPSA) is 12.0 Å². The predicted molar refractivity (Wildman–Crippen MR) is 75.5 cm³/mol. The van der Waals surface area contributed by atoms with Crippen molar-refractivity contribution in [3.63, 3.8) is 0 Å². The van der Waals surface area contributed by atoms with Gasteiger partial charge in [0, 0.05) is 12.2 Å². The van der Waals surface area contributed by atoms with Gasteiger partial charge in [-0.25, -0.2) is 0 Å². The molecular formula is C16H25N. The average molecular weight is 231 g/mol. The Kier molecular flexibility index (Phi) is 4.09. The van der Waals surface area contributed by atoms with Crippen molar-refractivity contribution in [1.82, 2.24) is 0 Å². The van der Waals surface area contributed by atoms with Gasteiger partial charge >= 0.3 is 0 Å². The second-order valence-corrected chi connectivity index (χ2v) is 5.81. The normalized spacial score (nSPS) is 24.6. The molecular weight excluding hydrogens is 206 g/mol. The second-order valence-electron chi connectivity index (χ2n) is 5.81. The second kappa shape index (κ2) is 5.57. The number of anilines is 1. The van der Waals surface area contributed by atoms with Crippen molar-refractivity contribution < 1.29 is 0 Å². The summed E-state index contributed by atoms with van der Waals surface area (Å²) in [6.45, 7) is 7.88. The summed E-state index contributed by atoms with van der Waals surface area (Å²) in [5, 5.41) is 3.60. The molecule has 1 fully saturated rings. The molecule has 1 nitrogen and oxygen atoms in total. The van der Waals surface area contributed by atoms with Gasteiger partial charge in [-0.3, -0.25) is 0 Å². The molecule has 94 valence electrons. The Bertz CT molecular complexity index is 362. The van der Waals surface area contributed by atoms with E-state index in [1.165, 1.54) is 42.5 Å². The number of rotatable bonds is 3. The molecule has 1 aliphatic carbocycles. The molecule has 1 aliphatic rings. The number of hydrogen-bond acceptors (Lipinski definition) is 1. The summed E-state index contributed by atoms with van der Waals surface area (Å²) < 4.78 is 0. The molecule has 0 saturated heterocycles. The van der Waals surface area contributed by atoms with Crippen LogP contribution in [-0.4, -0.2) is 6.54 Å². The van der Waals surface area contributed by atoms with Gasteiger partial charge in [0.2, 0.25) is 0 Å². The van der Waals surface area contributed by atoms with Crippen LogP contribution in [0.1, 0.15) is 43.7 Å². The molecule has 1 aromatic carbocycles. The minimum atomic E-state index is 0.882. The van der Waals surface area contributed by atoms with Crippen LogP contribution in [0.5, 0.6) is 0 Å². The molecule has 1 N–H and O–H groups in total. The fraction of sp³-hybridized carbons (Fsp3) is 0.625. The van der Waals surface area contributed by atoms with E-state index >= 15 is 0 Å². The molecule has 2 rings (SSSR count). The van der Waals surface area contributed by atoms with Gasteiger partial charge in [0.15, 0.2) is 0 Å². The maximum Gasteiger partial charge on any atom is 0.0343 e. The first kappa shape index (κ1) is 12.5. The first-order chi connectivity index (χ1) is 8.15. The van der Waals surface area contributed by atoms with Crippen LogP contribution in [0.4, 0.5) is 5.69 Å². The SMILES string of the molecule is Cc1ccc(NCC2CCC(C)CC2)cc1C. The van der Waals surface area contributed by atoms with E-state index in [0.29, 0.717) is 0 Å². The molecule has 0 heterocycles. The lowest BCUT2D eigenvalue weighted by Gasteiger charge is -2.26. The minimum absolute atomic E-state index is 0.882. The zero-order valence-corrected chi connectivity index (χ0v) is 11.4. The average Bonchev–Trinajstić information content (AvgIpc) is 2.33. The summed E-state index contributed by atoms with van der Waals surface area (Å²) in [6.07, 6.45) is 5.64. The van der Waals surface area contributed by atoms with Crippen LogP contribution >= 0.6 is 0 Å². The van der Waals surface area contributed by atoms with Gasteiger partial charge in [-0.2, -0.15) is 0 Å². The standard InChI is InChI=1S/C16H25N/c1-12-4-7-15(8-5-12)11-17-16-9-6-13(2)14(3)10-16/h6,9-10,12,15,17H,4-5,7-8,11H2,1-3H3. The van der Waals surface area contributed by atoms with E-state index in [2.05, 4.69) is 44.3 Å². The summed E-state index contributed by atoms with van der Waals surface area (Å²) in [5.74, 6) is 1.83. The van der Waals surface area contributed by atoms with E-state index < -0.39 is 0 Å². The van der Waals surface area contributed by atoms with Crippen LogP contribution in [0.3, 0.4) is 0 Å². The number of aryl methyl sites for hydroxylation is 2. The van der Waals surface area contributed by atoms with E-state index in [-0.39, 0.29) is 0 Å². The van der Waals surface area contributed by atoms with Gasteiger partial charge in [0.05, 0.1) is 0 Å². The molecule has 0 atom stereocenters. The van der Waals surface area contributed by atoms with E-state index in [4.69, 9.17) is 0 Å². The molecule has 0 aromatic heterocycles. The zero-order valence-electron chi connectivity index (χ0n) is 11.4. The maximum absolute atomic E-state index is 3.60. The summed E-state index contributed by atoms with van der Waals surface area (Å²) in [6, 6.07) is 6.68. The van der Waals surface area contributed by atoms with Gasteiger partial charge in [-0.05, 0) is 61.8 Å². The number of nitrogens with one attached hydrogen (secondary N) is 1. The van der Waals surface area contributed by atoms with Crippen LogP contribution in [0.15, 0.2) is 18.2 Å². The van der Waals surface area contributed by atoms with E-state index in [1.54, 1.807) is 0 Å². The highest BCUT2D eigenvalue weighted by molar-refractivity contribution is 5.48. The van der Waals surface area contributed by atoms with Crippen molar-refractivity contribution in [3.05, 3.63) is 29.3 Å². The molecule has 1 aromatic rings. The quantitative estimate of drug-likeness (QED) is 0.805. The highest BCUT2D eigenvalue weighted by Gasteiger charge is 2.17. The highest BCUT2D eigenvalue weighted by atomic mass is 14.9. The van der Waals surface area contributed by atoms with Gasteiger partial charge < -0.3 is 5.32 Å². The number of benzene rings is 1. The lowest BCUT2D eigenvalue weighted by atomic mass is 9.83. The van der Waals surface area contributed by atoms with Crippen LogP contribution in [-0.2, 0) is 0 Å². The smallest absolute Gasteiger partial charge is 0.0343 e. The van der Waals surface area contributed by atoms with Gasteiger partial charge in [-0.15, -0.1) is 0 Å². The first-order valence-corrected chi connectivity index (χ1v) is 6.96. The molecule has 17 heavy (non-hydrogen) atoms. The monoisotopic (exact) mass is 231 g/mol. The van der Waals surface area contributed by atoms with E-state index in [0.717, 1.165) is 18.4 Å². The predicted octanol–water partition coefficient (Wildman–Crippen LogP) is 4.54. The summed E-state index contributed by atoms with van der Waals surface area (Å²) in [5.41, 5.74) is 4.04. The van der Waals surface area contributed by atoms with Crippen molar-refractivity contribution in [2.45, 2.75) is 46.5 Å². The third kappa shape index (κ3) is 3.49. The molecule has 1 heteroatoms. The fourth-order valence-electron chi connectivity index (χ4n) is 2.65. The van der Waals surface area contributed by atoms with Gasteiger partial charge in [0.25, 0.3) is 0 Å². The third-order valence-corrected chi connectivity index (χ3v) is 4.24. The molecule has 1 saturated carbocycles. The van der Waals surface area contributed by atoms with E-state index in [1.807, 2.05) is 0 Å². The van der Waals surface area contributed by atoms with Crippen molar-refractivity contribution in [2.75, 3.05) is 11.9 Å². The highest BCUT2D eigenvalue weighted by Crippen LogP contribution is 2.28. The van der Waals surface area contributed by atoms with E-state index in [9.17, 15) is 0 Å². The molecule has 0 aliphatic heterocycles. The summed E-state index contributed by atoms with van der Waals surface area (Å²) >= 11 is 0. The lowest BCUT2D eigenvalue weighted by molar-refractivity contribution is 0.300. The maximum atomic E-state index is 3.60. The number of hydrogen-bond donors (Lipinski definition) is 1. The largest absolute Gasteiger partial charge is 0.385 e. The molecule has 0 amide bonds. The van der Waals surface area contributed by atoms with Crippen molar-refractivity contribution in [1.29, 1.82) is 0 Å². The summed E-state index contributed by atoms with van der Waals surface area (Å²) in [4.78, 5) is 0.